The molecule has 0 radical (unpaired) electrons. The van der Waals surface area contributed by atoms with E-state index in [9.17, 15) is 9.59 Å². The van der Waals surface area contributed by atoms with E-state index in [0.717, 1.165) is 6.42 Å². The number of carboxylic acids is 2. The van der Waals surface area contributed by atoms with Crippen LogP contribution >= 0.6 is 0 Å². The van der Waals surface area contributed by atoms with Crippen LogP contribution in [0.5, 0.6) is 0 Å². The molecule has 6 nitrogen and oxygen atoms in total. The predicted octanol–water partition coefficient (Wildman–Crippen LogP) is 2.77. The molecule has 0 saturated heterocycles. The Morgan fingerprint density at radius 1 is 1.22 bits per heavy atom. The topological polar surface area (TPSA) is 104 Å². The summed E-state index contributed by atoms with van der Waals surface area (Å²) in [5.41, 5.74) is 0.228. The lowest BCUT2D eigenvalue weighted by Gasteiger charge is -2.23. The van der Waals surface area contributed by atoms with E-state index in [2.05, 4.69) is 4.89 Å². The molecule has 1 atom stereocenters. The first-order valence-corrected chi connectivity index (χ1v) is 7.04. The highest BCUT2D eigenvalue weighted by atomic mass is 17.1. The lowest BCUT2D eigenvalue weighted by molar-refractivity contribution is -0.241. The van der Waals surface area contributed by atoms with Crippen LogP contribution in [0.15, 0.2) is 54.1 Å². The van der Waals surface area contributed by atoms with Crippen molar-refractivity contribution in [2.24, 2.45) is 5.41 Å². The minimum absolute atomic E-state index is 0.0359. The quantitative estimate of drug-likeness (QED) is 0.569. The molecular weight excluding hydrogens is 300 g/mol. The van der Waals surface area contributed by atoms with Gasteiger partial charge in [-0.2, -0.15) is 0 Å². The molecule has 0 saturated carbocycles. The number of carbonyl (C=O) groups is 2. The number of benzene rings is 1. The Hall–Kier alpha value is -2.44. The van der Waals surface area contributed by atoms with Crippen LogP contribution in [-0.2, 0) is 20.9 Å². The summed E-state index contributed by atoms with van der Waals surface area (Å²) in [7, 11) is 0. The number of allylic oxidation sites excluding steroid dienone is 2. The maximum absolute atomic E-state index is 10.8. The number of hydrogen-bond acceptors (Lipinski definition) is 4. The molecule has 23 heavy (non-hydrogen) atoms. The molecule has 1 unspecified atom stereocenters. The van der Waals surface area contributed by atoms with Gasteiger partial charge in [-0.25, -0.2) is 9.68 Å². The van der Waals surface area contributed by atoms with Crippen molar-refractivity contribution in [2.45, 2.75) is 19.8 Å². The standard InChI is InChI=1S/C9H10O4.C8H10O2/c1-9(8(12)13)4-2-3-6(5-9)7(10)11;9-10-7-6-8-4-2-1-3-5-8/h2-4H,5H2,1H3,(H,10,11)(H,12,13);1-5,9H,6-7H2. The normalized spacial score (nSPS) is 19.3. The van der Waals surface area contributed by atoms with Crippen LogP contribution in [0.2, 0.25) is 0 Å². The molecule has 0 aromatic heterocycles. The van der Waals surface area contributed by atoms with Gasteiger partial charge in [0.2, 0.25) is 0 Å². The average molecular weight is 320 g/mol. The molecule has 0 heterocycles. The molecule has 0 fully saturated rings. The predicted molar refractivity (Wildman–Crippen MR) is 83.9 cm³/mol. The highest BCUT2D eigenvalue weighted by Crippen LogP contribution is 2.31. The summed E-state index contributed by atoms with van der Waals surface area (Å²) in [6.07, 6.45) is 5.20. The number of carboxylic acid groups (broad SMARTS) is 2. The summed E-state index contributed by atoms with van der Waals surface area (Å²) in [5.74, 6) is -2.06. The highest BCUT2D eigenvalue weighted by Gasteiger charge is 2.34. The lowest BCUT2D eigenvalue weighted by atomic mass is 9.80. The van der Waals surface area contributed by atoms with Gasteiger partial charge >= 0.3 is 11.9 Å². The maximum atomic E-state index is 10.8. The largest absolute Gasteiger partial charge is 0.481 e. The second-order valence-corrected chi connectivity index (χ2v) is 5.32. The van der Waals surface area contributed by atoms with Gasteiger partial charge in [-0.1, -0.05) is 48.6 Å². The van der Waals surface area contributed by atoms with Crippen LogP contribution in [0.25, 0.3) is 0 Å². The summed E-state index contributed by atoms with van der Waals surface area (Å²) < 4.78 is 0. The van der Waals surface area contributed by atoms with E-state index in [1.54, 1.807) is 0 Å². The van der Waals surface area contributed by atoms with Crippen LogP contribution in [0.1, 0.15) is 18.9 Å². The third-order valence-corrected chi connectivity index (χ3v) is 3.41. The van der Waals surface area contributed by atoms with Crippen molar-refractivity contribution in [1.82, 2.24) is 0 Å². The van der Waals surface area contributed by atoms with Crippen molar-refractivity contribution in [2.75, 3.05) is 6.61 Å². The first kappa shape index (κ1) is 18.6. The summed E-state index contributed by atoms with van der Waals surface area (Å²) >= 11 is 0. The van der Waals surface area contributed by atoms with Crippen LogP contribution in [0, 0.1) is 5.41 Å². The summed E-state index contributed by atoms with van der Waals surface area (Å²) in [6, 6.07) is 9.89. The third-order valence-electron chi connectivity index (χ3n) is 3.41. The van der Waals surface area contributed by atoms with Gasteiger partial charge in [0.05, 0.1) is 12.0 Å². The van der Waals surface area contributed by atoms with Gasteiger partial charge in [-0.3, -0.25) is 10.1 Å². The molecule has 0 bridgehead atoms. The molecule has 0 aliphatic heterocycles. The summed E-state index contributed by atoms with van der Waals surface area (Å²) in [4.78, 5) is 25.3. The SMILES string of the molecule is CC1(C(=O)O)C=CC=C(C(=O)O)C1.OOCCc1ccccc1. The molecule has 2 rings (SSSR count). The zero-order valence-corrected chi connectivity index (χ0v) is 12.8. The fourth-order valence-electron chi connectivity index (χ4n) is 1.99. The maximum Gasteiger partial charge on any atom is 0.331 e. The number of rotatable bonds is 5. The molecule has 124 valence electrons. The Kier molecular flexibility index (Phi) is 7.18. The second-order valence-electron chi connectivity index (χ2n) is 5.32. The van der Waals surface area contributed by atoms with Gasteiger partial charge in [-0.15, -0.1) is 0 Å². The number of aliphatic carboxylic acids is 2. The van der Waals surface area contributed by atoms with Crippen molar-refractivity contribution >= 4 is 11.9 Å². The van der Waals surface area contributed by atoms with Crippen LogP contribution in [0.3, 0.4) is 0 Å². The van der Waals surface area contributed by atoms with Crippen LogP contribution in [0.4, 0.5) is 0 Å². The zero-order chi connectivity index (χ0) is 17.3. The van der Waals surface area contributed by atoms with Crippen molar-refractivity contribution < 1.29 is 29.9 Å². The van der Waals surface area contributed by atoms with Gasteiger partial charge in [0.25, 0.3) is 0 Å². The van der Waals surface area contributed by atoms with E-state index in [4.69, 9.17) is 15.5 Å². The van der Waals surface area contributed by atoms with Crippen molar-refractivity contribution in [3.8, 4) is 0 Å². The van der Waals surface area contributed by atoms with Crippen molar-refractivity contribution in [1.29, 1.82) is 0 Å². The van der Waals surface area contributed by atoms with E-state index in [-0.39, 0.29) is 12.0 Å². The smallest absolute Gasteiger partial charge is 0.331 e. The van der Waals surface area contributed by atoms with E-state index in [0.29, 0.717) is 6.61 Å². The zero-order valence-electron chi connectivity index (χ0n) is 12.8. The molecular formula is C17H20O6. The summed E-state index contributed by atoms with van der Waals surface area (Å²) in [6.45, 7) is 1.87. The Bertz CT molecular complexity index is 590. The minimum Gasteiger partial charge on any atom is -0.481 e. The second kappa shape index (κ2) is 8.87. The van der Waals surface area contributed by atoms with E-state index < -0.39 is 17.4 Å². The van der Waals surface area contributed by atoms with Crippen molar-refractivity contribution in [3.05, 3.63) is 59.7 Å². The van der Waals surface area contributed by atoms with Crippen molar-refractivity contribution in [3.63, 3.8) is 0 Å². The van der Waals surface area contributed by atoms with Gasteiger partial charge < -0.3 is 10.2 Å². The molecule has 1 aromatic rings. The minimum atomic E-state index is -1.08. The Morgan fingerprint density at radius 2 is 1.87 bits per heavy atom. The van der Waals surface area contributed by atoms with Gasteiger partial charge in [0.15, 0.2) is 0 Å². The van der Waals surface area contributed by atoms with Crippen LogP contribution in [-0.4, -0.2) is 34.0 Å². The monoisotopic (exact) mass is 320 g/mol. The first-order valence-electron chi connectivity index (χ1n) is 7.04. The fraction of sp³-hybridized carbons (Fsp3) is 0.294. The number of hydrogen-bond donors (Lipinski definition) is 3. The molecule has 1 aliphatic carbocycles. The summed E-state index contributed by atoms with van der Waals surface area (Å²) in [5, 5.41) is 25.5. The Morgan fingerprint density at radius 3 is 2.39 bits per heavy atom. The fourth-order valence-corrected chi connectivity index (χ4v) is 1.99. The third kappa shape index (κ3) is 6.06. The average Bonchev–Trinajstić information content (AvgIpc) is 2.54. The van der Waals surface area contributed by atoms with Gasteiger partial charge in [0.1, 0.15) is 0 Å². The molecule has 3 N–H and O–H groups in total. The van der Waals surface area contributed by atoms with Gasteiger partial charge in [-0.05, 0) is 25.3 Å². The van der Waals surface area contributed by atoms with E-state index in [1.807, 2.05) is 30.3 Å². The van der Waals surface area contributed by atoms with Gasteiger partial charge in [0, 0.05) is 5.57 Å². The Balaban J connectivity index is 0.000000238. The molecule has 6 heteroatoms. The van der Waals surface area contributed by atoms with E-state index in [1.165, 1.54) is 30.7 Å². The molecule has 0 spiro atoms. The Labute approximate surface area is 134 Å². The molecule has 0 amide bonds. The molecule has 1 aromatic carbocycles. The van der Waals surface area contributed by atoms with E-state index >= 15 is 0 Å². The van der Waals surface area contributed by atoms with Crippen LogP contribution < -0.4 is 0 Å². The highest BCUT2D eigenvalue weighted by molar-refractivity contribution is 5.90. The molecule has 1 aliphatic rings. The lowest BCUT2D eigenvalue weighted by Crippen LogP contribution is -2.28. The first-order chi connectivity index (χ1) is 10.9.